The molecule has 1 saturated carbocycles. The highest BCUT2D eigenvalue weighted by Crippen LogP contribution is 2.39. The van der Waals surface area contributed by atoms with Gasteiger partial charge in [0.05, 0.1) is 0 Å². The molecule has 19 heavy (non-hydrogen) atoms. The predicted octanol–water partition coefficient (Wildman–Crippen LogP) is 4.31. The van der Waals surface area contributed by atoms with Crippen LogP contribution in [0.3, 0.4) is 0 Å². The smallest absolute Gasteiger partial charge is 0.135 e. The second kappa shape index (κ2) is 7.13. The molecule has 3 nitrogen and oxygen atoms in total. The van der Waals surface area contributed by atoms with Crippen molar-refractivity contribution in [1.29, 1.82) is 0 Å². The standard InChI is InChI=1S/C15H25N3S/c1-4-8-16-13-9-14(19-10-11(3)5-2)18-15(17-13)12-6-7-12/h9,11-12H,4-8,10H2,1-3H3,(H,16,17,18). The molecule has 1 atom stereocenters. The number of hydrogen-bond donors (Lipinski definition) is 1. The van der Waals surface area contributed by atoms with E-state index in [9.17, 15) is 0 Å². The molecular formula is C15H25N3S. The van der Waals surface area contributed by atoms with Crippen LogP contribution in [-0.4, -0.2) is 22.3 Å². The lowest BCUT2D eigenvalue weighted by atomic mass is 10.2. The SMILES string of the molecule is CCCNc1cc(SCC(C)CC)nc(C2CC2)n1. The highest BCUT2D eigenvalue weighted by molar-refractivity contribution is 7.99. The van der Waals surface area contributed by atoms with Gasteiger partial charge in [-0.05, 0) is 25.2 Å². The first kappa shape index (κ1) is 14.6. The molecule has 4 heteroatoms. The molecule has 0 radical (unpaired) electrons. The lowest BCUT2D eigenvalue weighted by Crippen LogP contribution is -2.06. The number of nitrogens with one attached hydrogen (secondary N) is 1. The van der Waals surface area contributed by atoms with E-state index in [1.807, 2.05) is 11.8 Å². The average molecular weight is 279 g/mol. The van der Waals surface area contributed by atoms with Gasteiger partial charge >= 0.3 is 0 Å². The van der Waals surface area contributed by atoms with E-state index in [1.54, 1.807) is 0 Å². The lowest BCUT2D eigenvalue weighted by Gasteiger charge is -2.11. The molecule has 0 aliphatic heterocycles. The number of aromatic nitrogens is 2. The number of rotatable bonds is 8. The van der Waals surface area contributed by atoms with Crippen LogP contribution in [0.5, 0.6) is 0 Å². The predicted molar refractivity (Wildman–Crippen MR) is 83.0 cm³/mol. The molecular weight excluding hydrogens is 254 g/mol. The second-order valence-corrected chi connectivity index (χ2v) is 6.52. The fourth-order valence-electron chi connectivity index (χ4n) is 1.73. The zero-order valence-electron chi connectivity index (χ0n) is 12.3. The molecule has 0 spiro atoms. The molecule has 0 amide bonds. The van der Waals surface area contributed by atoms with E-state index in [4.69, 9.17) is 4.98 Å². The summed E-state index contributed by atoms with van der Waals surface area (Å²) >= 11 is 1.87. The summed E-state index contributed by atoms with van der Waals surface area (Å²) in [6.45, 7) is 7.70. The molecule has 2 rings (SSSR count). The van der Waals surface area contributed by atoms with Crippen LogP contribution in [0, 0.1) is 5.92 Å². The summed E-state index contributed by atoms with van der Waals surface area (Å²) in [7, 11) is 0. The largest absolute Gasteiger partial charge is 0.370 e. The minimum absolute atomic E-state index is 0.617. The third-order valence-electron chi connectivity index (χ3n) is 3.43. The van der Waals surface area contributed by atoms with Crippen molar-refractivity contribution >= 4 is 17.6 Å². The molecule has 1 aliphatic carbocycles. The van der Waals surface area contributed by atoms with E-state index in [1.165, 1.54) is 19.3 Å². The Balaban J connectivity index is 2.05. The van der Waals surface area contributed by atoms with Crippen molar-refractivity contribution in [3.05, 3.63) is 11.9 Å². The Kier molecular flexibility index (Phi) is 5.49. The molecule has 0 aromatic carbocycles. The molecule has 1 heterocycles. The summed E-state index contributed by atoms with van der Waals surface area (Å²) in [5.41, 5.74) is 0. The Morgan fingerprint density at radius 1 is 1.37 bits per heavy atom. The maximum Gasteiger partial charge on any atom is 0.135 e. The van der Waals surface area contributed by atoms with Crippen molar-refractivity contribution in [2.75, 3.05) is 17.6 Å². The molecule has 1 N–H and O–H groups in total. The molecule has 1 aliphatic rings. The fraction of sp³-hybridized carbons (Fsp3) is 0.733. The van der Waals surface area contributed by atoms with E-state index in [2.05, 4.69) is 37.1 Å². The minimum Gasteiger partial charge on any atom is -0.370 e. The van der Waals surface area contributed by atoms with Gasteiger partial charge in [0.15, 0.2) is 0 Å². The van der Waals surface area contributed by atoms with Crippen LogP contribution in [-0.2, 0) is 0 Å². The van der Waals surface area contributed by atoms with Crippen LogP contribution in [0.2, 0.25) is 0 Å². The number of hydrogen-bond acceptors (Lipinski definition) is 4. The summed E-state index contributed by atoms with van der Waals surface area (Å²) in [5, 5.41) is 4.53. The molecule has 1 aromatic rings. The zero-order valence-corrected chi connectivity index (χ0v) is 13.1. The van der Waals surface area contributed by atoms with E-state index >= 15 is 0 Å². The summed E-state index contributed by atoms with van der Waals surface area (Å²) in [6, 6.07) is 2.11. The van der Waals surface area contributed by atoms with Crippen molar-refractivity contribution < 1.29 is 0 Å². The van der Waals surface area contributed by atoms with Crippen LogP contribution in [0.1, 0.15) is 58.2 Å². The number of thioether (sulfide) groups is 1. The van der Waals surface area contributed by atoms with Gasteiger partial charge in [-0.3, -0.25) is 0 Å². The summed E-state index contributed by atoms with van der Waals surface area (Å²) in [5.74, 6) is 4.56. The number of anilines is 1. The maximum atomic E-state index is 4.72. The Morgan fingerprint density at radius 2 is 2.16 bits per heavy atom. The Labute approximate surface area is 121 Å². The average Bonchev–Trinajstić information content (AvgIpc) is 3.26. The van der Waals surface area contributed by atoms with Crippen molar-refractivity contribution in [2.24, 2.45) is 5.92 Å². The monoisotopic (exact) mass is 279 g/mol. The minimum atomic E-state index is 0.617. The highest BCUT2D eigenvalue weighted by Gasteiger charge is 2.27. The normalized spacial score (nSPS) is 16.4. The van der Waals surface area contributed by atoms with Crippen molar-refractivity contribution in [3.8, 4) is 0 Å². The number of nitrogens with zero attached hydrogens (tertiary/aromatic N) is 2. The van der Waals surface area contributed by atoms with Crippen molar-refractivity contribution in [1.82, 2.24) is 9.97 Å². The van der Waals surface area contributed by atoms with Gasteiger partial charge in [0, 0.05) is 24.3 Å². The van der Waals surface area contributed by atoms with E-state index in [-0.39, 0.29) is 0 Å². The summed E-state index contributed by atoms with van der Waals surface area (Å²) < 4.78 is 0. The summed E-state index contributed by atoms with van der Waals surface area (Å²) in [4.78, 5) is 9.37. The van der Waals surface area contributed by atoms with Crippen LogP contribution < -0.4 is 5.32 Å². The molecule has 1 unspecified atom stereocenters. The van der Waals surface area contributed by atoms with E-state index in [0.29, 0.717) is 5.92 Å². The Hall–Kier alpha value is -0.770. The van der Waals surface area contributed by atoms with Gasteiger partial charge in [-0.15, -0.1) is 11.8 Å². The van der Waals surface area contributed by atoms with Crippen LogP contribution in [0.15, 0.2) is 11.1 Å². The van der Waals surface area contributed by atoms with Crippen LogP contribution in [0.25, 0.3) is 0 Å². The quantitative estimate of drug-likeness (QED) is 0.568. The van der Waals surface area contributed by atoms with Gasteiger partial charge in [-0.1, -0.05) is 27.2 Å². The van der Waals surface area contributed by atoms with Crippen molar-refractivity contribution in [3.63, 3.8) is 0 Å². The van der Waals surface area contributed by atoms with Crippen LogP contribution >= 0.6 is 11.8 Å². The molecule has 1 aromatic heterocycles. The van der Waals surface area contributed by atoms with Gasteiger partial charge in [-0.2, -0.15) is 0 Å². The van der Waals surface area contributed by atoms with Gasteiger partial charge in [0.2, 0.25) is 0 Å². The van der Waals surface area contributed by atoms with E-state index in [0.717, 1.165) is 41.3 Å². The Bertz CT molecular complexity index is 404. The third kappa shape index (κ3) is 4.68. The van der Waals surface area contributed by atoms with Gasteiger partial charge in [0.1, 0.15) is 16.7 Å². The third-order valence-corrected chi connectivity index (χ3v) is 4.67. The highest BCUT2D eigenvalue weighted by atomic mass is 32.2. The molecule has 106 valence electrons. The van der Waals surface area contributed by atoms with Crippen molar-refractivity contribution in [2.45, 2.75) is 57.4 Å². The molecule has 1 fully saturated rings. The molecule has 0 bridgehead atoms. The van der Waals surface area contributed by atoms with Gasteiger partial charge < -0.3 is 5.32 Å². The van der Waals surface area contributed by atoms with Crippen LogP contribution in [0.4, 0.5) is 5.82 Å². The summed E-state index contributed by atoms with van der Waals surface area (Å²) in [6.07, 6.45) is 4.87. The first-order valence-electron chi connectivity index (χ1n) is 7.48. The van der Waals surface area contributed by atoms with Gasteiger partial charge in [-0.25, -0.2) is 9.97 Å². The first-order chi connectivity index (χ1) is 9.22. The first-order valence-corrected chi connectivity index (χ1v) is 8.47. The zero-order chi connectivity index (χ0) is 13.7. The molecule has 0 saturated heterocycles. The maximum absolute atomic E-state index is 4.72. The van der Waals surface area contributed by atoms with E-state index < -0.39 is 0 Å². The topological polar surface area (TPSA) is 37.8 Å². The van der Waals surface area contributed by atoms with Gasteiger partial charge in [0.25, 0.3) is 0 Å². The Morgan fingerprint density at radius 3 is 2.79 bits per heavy atom. The lowest BCUT2D eigenvalue weighted by molar-refractivity contribution is 0.636. The second-order valence-electron chi connectivity index (χ2n) is 5.48. The fourth-order valence-corrected chi connectivity index (χ4v) is 2.77.